The minimum atomic E-state index is -0.349. The third-order valence-electron chi connectivity index (χ3n) is 4.54. The second kappa shape index (κ2) is 9.09. The van der Waals surface area contributed by atoms with E-state index in [0.29, 0.717) is 15.7 Å². The molecule has 1 aliphatic carbocycles. The van der Waals surface area contributed by atoms with Crippen LogP contribution in [0.1, 0.15) is 60.2 Å². The molecule has 1 aliphatic rings. The summed E-state index contributed by atoms with van der Waals surface area (Å²) in [6, 6.07) is 0. The molecule has 0 bridgehead atoms. The number of aromatic nitrogens is 3. The maximum absolute atomic E-state index is 12.7. The van der Waals surface area contributed by atoms with E-state index in [1.807, 2.05) is 32.4 Å². The van der Waals surface area contributed by atoms with E-state index >= 15 is 0 Å². The average Bonchev–Trinajstić information content (AvgIpc) is 3.18. The van der Waals surface area contributed by atoms with E-state index in [9.17, 15) is 9.59 Å². The number of esters is 1. The van der Waals surface area contributed by atoms with Crippen molar-refractivity contribution in [2.75, 3.05) is 11.1 Å². The van der Waals surface area contributed by atoms with Crippen LogP contribution in [0.5, 0.6) is 0 Å². The molecule has 0 unspecified atom stereocenters. The molecular formula is C19H26N4O3S2. The lowest BCUT2D eigenvalue weighted by Crippen LogP contribution is -2.19. The van der Waals surface area contributed by atoms with Crippen LogP contribution in [0.25, 0.3) is 0 Å². The summed E-state index contributed by atoms with van der Waals surface area (Å²) < 4.78 is 7.33. The maximum atomic E-state index is 12.7. The zero-order valence-corrected chi connectivity index (χ0v) is 18.3. The van der Waals surface area contributed by atoms with Crippen molar-refractivity contribution >= 4 is 40.0 Å². The van der Waals surface area contributed by atoms with Crippen molar-refractivity contribution in [1.29, 1.82) is 0 Å². The quantitative estimate of drug-likeness (QED) is 0.542. The summed E-state index contributed by atoms with van der Waals surface area (Å²) in [5, 5.41) is 12.5. The van der Waals surface area contributed by atoms with Gasteiger partial charge in [-0.15, -0.1) is 21.5 Å². The van der Waals surface area contributed by atoms with Crippen LogP contribution in [0.15, 0.2) is 5.16 Å². The van der Waals surface area contributed by atoms with Crippen LogP contribution < -0.4 is 5.32 Å². The van der Waals surface area contributed by atoms with Gasteiger partial charge < -0.3 is 14.6 Å². The monoisotopic (exact) mass is 422 g/mol. The highest BCUT2D eigenvalue weighted by atomic mass is 32.2. The van der Waals surface area contributed by atoms with E-state index < -0.39 is 0 Å². The van der Waals surface area contributed by atoms with Gasteiger partial charge >= 0.3 is 5.97 Å². The van der Waals surface area contributed by atoms with Gasteiger partial charge in [-0.1, -0.05) is 18.7 Å². The molecular weight excluding hydrogens is 396 g/mol. The Hall–Kier alpha value is -1.87. The van der Waals surface area contributed by atoms with E-state index in [-0.39, 0.29) is 23.7 Å². The topological polar surface area (TPSA) is 86.1 Å². The Morgan fingerprint density at radius 2 is 2.04 bits per heavy atom. The number of thiophene rings is 1. The number of carbonyl (C=O) groups is 2. The molecule has 1 N–H and O–H groups in total. The first-order chi connectivity index (χ1) is 13.4. The van der Waals surface area contributed by atoms with Gasteiger partial charge in [-0.05, 0) is 45.1 Å². The molecule has 1 amide bonds. The van der Waals surface area contributed by atoms with Crippen molar-refractivity contribution in [1.82, 2.24) is 14.8 Å². The molecule has 2 aromatic rings. The summed E-state index contributed by atoms with van der Waals surface area (Å²) in [7, 11) is 1.90. The van der Waals surface area contributed by atoms with Gasteiger partial charge in [0.25, 0.3) is 0 Å². The zero-order chi connectivity index (χ0) is 20.3. The van der Waals surface area contributed by atoms with Gasteiger partial charge in [0.15, 0.2) is 5.16 Å². The fourth-order valence-electron chi connectivity index (χ4n) is 3.21. The Morgan fingerprint density at radius 3 is 2.71 bits per heavy atom. The van der Waals surface area contributed by atoms with Crippen molar-refractivity contribution in [3.8, 4) is 0 Å². The predicted octanol–water partition coefficient (Wildman–Crippen LogP) is 3.61. The lowest BCUT2D eigenvalue weighted by Gasteiger charge is -2.14. The second-order valence-corrected chi connectivity index (χ2v) is 9.06. The third kappa shape index (κ3) is 4.57. The number of rotatable bonds is 7. The number of hydrogen-bond donors (Lipinski definition) is 1. The molecule has 0 aliphatic heterocycles. The Balaban J connectivity index is 1.73. The highest BCUT2D eigenvalue weighted by Gasteiger charge is 2.28. The number of thioether (sulfide) groups is 1. The molecule has 2 aromatic heterocycles. The van der Waals surface area contributed by atoms with Crippen molar-refractivity contribution < 1.29 is 14.3 Å². The lowest BCUT2D eigenvalue weighted by molar-refractivity contribution is -0.113. The van der Waals surface area contributed by atoms with Crippen LogP contribution in [0.2, 0.25) is 0 Å². The molecule has 9 heteroatoms. The zero-order valence-electron chi connectivity index (χ0n) is 16.7. The Morgan fingerprint density at radius 1 is 1.29 bits per heavy atom. The van der Waals surface area contributed by atoms with Gasteiger partial charge in [-0.3, -0.25) is 4.79 Å². The first kappa shape index (κ1) is 20.9. The van der Waals surface area contributed by atoms with Gasteiger partial charge in [-0.2, -0.15) is 0 Å². The summed E-state index contributed by atoms with van der Waals surface area (Å²) in [5.74, 6) is 0.575. The summed E-state index contributed by atoms with van der Waals surface area (Å²) in [4.78, 5) is 26.4. The normalized spacial score (nSPS) is 13.5. The van der Waals surface area contributed by atoms with E-state index in [2.05, 4.69) is 15.5 Å². The van der Waals surface area contributed by atoms with E-state index in [1.54, 1.807) is 0 Å². The summed E-state index contributed by atoms with van der Waals surface area (Å²) in [5.41, 5.74) is 1.59. The number of nitrogens with one attached hydrogen (secondary N) is 1. The molecule has 0 fully saturated rings. The SMILES string of the molecule is CCc1nnc(SCC(=O)Nc2sc3c(c2C(=O)OC(C)C)CCCC3)n1C. The number of amides is 1. The van der Waals surface area contributed by atoms with Gasteiger partial charge in [0.2, 0.25) is 5.91 Å². The molecule has 7 nitrogen and oxygen atoms in total. The van der Waals surface area contributed by atoms with Crippen molar-refractivity contribution in [3.63, 3.8) is 0 Å². The first-order valence-corrected chi connectivity index (χ1v) is 11.4. The molecule has 0 saturated heterocycles. The highest BCUT2D eigenvalue weighted by Crippen LogP contribution is 2.38. The molecule has 2 heterocycles. The van der Waals surface area contributed by atoms with Gasteiger partial charge in [0.05, 0.1) is 17.4 Å². The van der Waals surface area contributed by atoms with Gasteiger partial charge in [0.1, 0.15) is 10.8 Å². The number of fused-ring (bicyclic) bond motifs is 1. The number of ether oxygens (including phenoxy) is 1. The van der Waals surface area contributed by atoms with Crippen LogP contribution >= 0.6 is 23.1 Å². The fourth-order valence-corrected chi connectivity index (χ4v) is 5.24. The van der Waals surface area contributed by atoms with Crippen LogP contribution in [0, 0.1) is 0 Å². The van der Waals surface area contributed by atoms with E-state index in [0.717, 1.165) is 43.5 Å². The molecule has 3 rings (SSSR count). The Bertz CT molecular complexity index is 873. The van der Waals surface area contributed by atoms with E-state index in [1.165, 1.54) is 28.0 Å². The van der Waals surface area contributed by atoms with Gasteiger partial charge in [0, 0.05) is 18.3 Å². The van der Waals surface area contributed by atoms with Crippen LogP contribution in [0.4, 0.5) is 5.00 Å². The molecule has 152 valence electrons. The Kier molecular flexibility index (Phi) is 6.77. The van der Waals surface area contributed by atoms with Crippen LogP contribution in [-0.2, 0) is 35.8 Å². The predicted molar refractivity (Wildman–Crippen MR) is 111 cm³/mol. The number of anilines is 1. The van der Waals surface area contributed by atoms with Crippen LogP contribution in [-0.4, -0.2) is 38.5 Å². The van der Waals surface area contributed by atoms with Gasteiger partial charge in [-0.25, -0.2) is 4.79 Å². The molecule has 0 radical (unpaired) electrons. The van der Waals surface area contributed by atoms with Crippen molar-refractivity contribution in [3.05, 3.63) is 21.8 Å². The average molecular weight is 423 g/mol. The standard InChI is InChI=1S/C19H26N4O3S2/c1-5-14-21-22-19(23(14)4)27-10-15(24)20-17-16(18(25)26-11(2)3)12-8-6-7-9-13(12)28-17/h11H,5-10H2,1-4H3,(H,20,24). The number of carbonyl (C=O) groups excluding carboxylic acids is 2. The molecule has 0 saturated carbocycles. The molecule has 0 aromatic carbocycles. The molecule has 28 heavy (non-hydrogen) atoms. The minimum Gasteiger partial charge on any atom is -0.459 e. The lowest BCUT2D eigenvalue weighted by atomic mass is 9.95. The summed E-state index contributed by atoms with van der Waals surface area (Å²) in [6.45, 7) is 5.68. The number of aryl methyl sites for hydroxylation is 2. The number of hydrogen-bond acceptors (Lipinski definition) is 7. The third-order valence-corrected chi connectivity index (χ3v) is 6.77. The summed E-state index contributed by atoms with van der Waals surface area (Å²) in [6.07, 6.45) is 4.57. The van der Waals surface area contributed by atoms with E-state index in [4.69, 9.17) is 4.74 Å². The Labute approximate surface area is 173 Å². The molecule has 0 atom stereocenters. The summed E-state index contributed by atoms with van der Waals surface area (Å²) >= 11 is 2.84. The smallest absolute Gasteiger partial charge is 0.341 e. The van der Waals surface area contributed by atoms with Crippen LogP contribution in [0.3, 0.4) is 0 Å². The first-order valence-electron chi connectivity index (χ1n) is 9.57. The van der Waals surface area contributed by atoms with Crippen molar-refractivity contribution in [2.45, 2.75) is 64.1 Å². The minimum absolute atomic E-state index is 0.164. The largest absolute Gasteiger partial charge is 0.459 e. The highest BCUT2D eigenvalue weighted by molar-refractivity contribution is 7.99. The fraction of sp³-hybridized carbons (Fsp3) is 0.579. The maximum Gasteiger partial charge on any atom is 0.341 e. The van der Waals surface area contributed by atoms with Crippen molar-refractivity contribution in [2.24, 2.45) is 7.05 Å². The second-order valence-electron chi connectivity index (χ2n) is 7.02. The molecule has 0 spiro atoms. The number of nitrogens with zero attached hydrogens (tertiary/aromatic N) is 3.